The van der Waals surface area contributed by atoms with Crippen molar-refractivity contribution < 1.29 is 5.11 Å². The molecule has 0 saturated heterocycles. The fourth-order valence-electron chi connectivity index (χ4n) is 8.16. The van der Waals surface area contributed by atoms with E-state index in [1.807, 2.05) is 0 Å². The van der Waals surface area contributed by atoms with E-state index in [1.165, 1.54) is 44.9 Å². The molecule has 1 heteroatoms. The Kier molecular flexibility index (Phi) is 5.86. The standard InChI is InChI=1S/C28H46O/c1-18(2)19(3)7-8-20(4)24-11-12-25-23-10-9-21-17-22(29)13-15-27(21,5)26(23)14-16-28(24,25)6/h8,11,18-19,21-23,25-26,29H,7,9-10,12-17H2,1-6H3/b20-8-/t19-,21-,22+,23+,25+,26-,27+,28-/m1/s1. The maximum Gasteiger partial charge on any atom is 0.0543 e. The van der Waals surface area contributed by atoms with Gasteiger partial charge < -0.3 is 5.11 Å². The molecule has 0 amide bonds. The Bertz CT molecular complexity index is 672. The minimum Gasteiger partial charge on any atom is -0.393 e. The molecule has 4 aliphatic carbocycles. The Morgan fingerprint density at radius 2 is 1.86 bits per heavy atom. The third-order valence-electron chi connectivity index (χ3n) is 10.6. The number of fused-ring (bicyclic) bond motifs is 5. The molecule has 0 spiro atoms. The van der Waals surface area contributed by atoms with Crippen molar-refractivity contribution in [1.29, 1.82) is 0 Å². The summed E-state index contributed by atoms with van der Waals surface area (Å²) in [5.41, 5.74) is 4.16. The minimum atomic E-state index is -0.0285. The fourth-order valence-corrected chi connectivity index (χ4v) is 8.16. The van der Waals surface area contributed by atoms with Crippen LogP contribution in [0.25, 0.3) is 0 Å². The first-order valence-corrected chi connectivity index (χ1v) is 12.7. The molecule has 0 aromatic heterocycles. The van der Waals surface area contributed by atoms with Crippen molar-refractivity contribution in [2.45, 2.75) is 105 Å². The van der Waals surface area contributed by atoms with Gasteiger partial charge in [0.2, 0.25) is 0 Å². The Hall–Kier alpha value is -0.560. The highest BCUT2D eigenvalue weighted by atomic mass is 16.3. The molecular formula is C28H46O. The van der Waals surface area contributed by atoms with E-state index in [1.54, 1.807) is 11.1 Å². The molecule has 29 heavy (non-hydrogen) atoms. The van der Waals surface area contributed by atoms with Gasteiger partial charge in [0.05, 0.1) is 6.10 Å². The van der Waals surface area contributed by atoms with E-state index in [9.17, 15) is 5.11 Å². The van der Waals surface area contributed by atoms with Crippen molar-refractivity contribution in [1.82, 2.24) is 0 Å². The number of hydrogen-bond donors (Lipinski definition) is 1. The number of aliphatic hydroxyl groups excluding tert-OH is 1. The summed E-state index contributed by atoms with van der Waals surface area (Å²) in [7, 11) is 0. The number of allylic oxidation sites excluding steroid dienone is 4. The van der Waals surface area contributed by atoms with Crippen LogP contribution in [0, 0.1) is 46.3 Å². The van der Waals surface area contributed by atoms with Gasteiger partial charge in [-0.3, -0.25) is 0 Å². The Balaban J connectivity index is 1.52. The maximum atomic E-state index is 10.3. The first-order chi connectivity index (χ1) is 13.7. The normalized spacial score (nSPS) is 46.0. The van der Waals surface area contributed by atoms with Crippen molar-refractivity contribution in [3.05, 3.63) is 23.3 Å². The average molecular weight is 399 g/mol. The maximum absolute atomic E-state index is 10.3. The van der Waals surface area contributed by atoms with Crippen LogP contribution in [0.5, 0.6) is 0 Å². The molecule has 4 aliphatic rings. The Morgan fingerprint density at radius 1 is 1.10 bits per heavy atom. The lowest BCUT2D eigenvalue weighted by atomic mass is 9.44. The quantitative estimate of drug-likeness (QED) is 0.518. The minimum absolute atomic E-state index is 0.0285. The second-order valence-electron chi connectivity index (χ2n) is 12.2. The molecule has 0 aromatic carbocycles. The molecule has 1 N–H and O–H groups in total. The van der Waals surface area contributed by atoms with Gasteiger partial charge in [0.15, 0.2) is 0 Å². The van der Waals surface area contributed by atoms with E-state index in [2.05, 4.69) is 53.7 Å². The van der Waals surface area contributed by atoms with Crippen LogP contribution in [-0.4, -0.2) is 11.2 Å². The van der Waals surface area contributed by atoms with Gasteiger partial charge in [-0.05, 0) is 117 Å². The van der Waals surface area contributed by atoms with Gasteiger partial charge in [0.25, 0.3) is 0 Å². The lowest BCUT2D eigenvalue weighted by Crippen LogP contribution is -2.53. The van der Waals surface area contributed by atoms with Crippen molar-refractivity contribution >= 4 is 0 Å². The zero-order valence-electron chi connectivity index (χ0n) is 20.0. The number of aliphatic hydroxyl groups is 1. The molecule has 8 atom stereocenters. The fraction of sp³-hybridized carbons (Fsp3) is 0.857. The Labute approximate surface area is 180 Å². The van der Waals surface area contributed by atoms with Gasteiger partial charge >= 0.3 is 0 Å². The van der Waals surface area contributed by atoms with E-state index in [0.29, 0.717) is 10.8 Å². The highest BCUT2D eigenvalue weighted by Crippen LogP contribution is 2.66. The monoisotopic (exact) mass is 398 g/mol. The van der Waals surface area contributed by atoms with Crippen LogP contribution in [-0.2, 0) is 0 Å². The van der Waals surface area contributed by atoms with Crippen molar-refractivity contribution in [3.8, 4) is 0 Å². The van der Waals surface area contributed by atoms with Crippen LogP contribution < -0.4 is 0 Å². The second-order valence-corrected chi connectivity index (χ2v) is 12.2. The molecule has 0 bridgehead atoms. The number of rotatable bonds is 4. The van der Waals surface area contributed by atoms with Gasteiger partial charge in [-0.2, -0.15) is 0 Å². The molecule has 0 radical (unpaired) electrons. The van der Waals surface area contributed by atoms with Gasteiger partial charge in [-0.25, -0.2) is 0 Å². The zero-order valence-corrected chi connectivity index (χ0v) is 20.0. The summed E-state index contributed by atoms with van der Waals surface area (Å²) in [5.74, 6) is 4.95. The molecular weight excluding hydrogens is 352 g/mol. The molecule has 0 heterocycles. The van der Waals surface area contributed by atoms with E-state index < -0.39 is 0 Å². The van der Waals surface area contributed by atoms with Gasteiger partial charge in [-0.15, -0.1) is 0 Å². The van der Waals surface area contributed by atoms with Crippen molar-refractivity contribution in [3.63, 3.8) is 0 Å². The largest absolute Gasteiger partial charge is 0.393 e. The first-order valence-electron chi connectivity index (χ1n) is 12.7. The summed E-state index contributed by atoms with van der Waals surface area (Å²) in [6, 6.07) is 0. The molecule has 3 saturated carbocycles. The SMILES string of the molecule is C/C(=C/C[C@@H](C)C(C)C)C1=CC[C@H]2[C@@H]3CC[C@@H]4C[C@@H](O)CC[C@]4(C)[C@@H]3CC[C@]12C. The van der Waals surface area contributed by atoms with E-state index in [4.69, 9.17) is 0 Å². The van der Waals surface area contributed by atoms with E-state index in [-0.39, 0.29) is 6.10 Å². The molecule has 164 valence electrons. The van der Waals surface area contributed by atoms with Crippen molar-refractivity contribution in [2.24, 2.45) is 46.3 Å². The van der Waals surface area contributed by atoms with Crippen LogP contribution in [0.1, 0.15) is 99.3 Å². The first kappa shape index (κ1) is 21.7. The lowest BCUT2D eigenvalue weighted by Gasteiger charge is -2.60. The highest BCUT2D eigenvalue weighted by Gasteiger charge is 2.58. The summed E-state index contributed by atoms with van der Waals surface area (Å²) in [4.78, 5) is 0. The van der Waals surface area contributed by atoms with Crippen LogP contribution in [0.2, 0.25) is 0 Å². The summed E-state index contributed by atoms with van der Waals surface area (Å²) in [6.45, 7) is 14.7. The predicted octanol–water partition coefficient (Wildman–Crippen LogP) is 7.55. The Morgan fingerprint density at radius 3 is 2.59 bits per heavy atom. The predicted molar refractivity (Wildman–Crippen MR) is 124 cm³/mol. The van der Waals surface area contributed by atoms with Crippen molar-refractivity contribution in [2.75, 3.05) is 0 Å². The van der Waals surface area contributed by atoms with Crippen LogP contribution in [0.3, 0.4) is 0 Å². The molecule has 3 fully saturated rings. The summed E-state index contributed by atoms with van der Waals surface area (Å²) in [6.07, 6.45) is 16.6. The molecule has 0 aliphatic heterocycles. The molecule has 0 aromatic rings. The van der Waals surface area contributed by atoms with Gasteiger partial charge in [0, 0.05) is 0 Å². The summed E-state index contributed by atoms with van der Waals surface area (Å²) in [5, 5.41) is 10.3. The third-order valence-corrected chi connectivity index (χ3v) is 10.6. The smallest absolute Gasteiger partial charge is 0.0543 e. The van der Waals surface area contributed by atoms with E-state index >= 15 is 0 Å². The molecule has 0 unspecified atom stereocenters. The topological polar surface area (TPSA) is 20.2 Å². The molecule has 1 nitrogen and oxygen atoms in total. The third kappa shape index (κ3) is 3.58. The van der Waals surface area contributed by atoms with Gasteiger partial charge in [-0.1, -0.05) is 52.3 Å². The van der Waals surface area contributed by atoms with E-state index in [0.717, 1.165) is 48.3 Å². The number of hydrogen-bond acceptors (Lipinski definition) is 1. The zero-order chi connectivity index (χ0) is 21.0. The van der Waals surface area contributed by atoms with Gasteiger partial charge in [0.1, 0.15) is 0 Å². The average Bonchev–Trinajstić information content (AvgIpc) is 3.03. The van der Waals surface area contributed by atoms with Crippen LogP contribution >= 0.6 is 0 Å². The summed E-state index contributed by atoms with van der Waals surface area (Å²) >= 11 is 0. The second kappa shape index (κ2) is 7.85. The van der Waals surface area contributed by atoms with Crippen LogP contribution in [0.15, 0.2) is 23.3 Å². The summed E-state index contributed by atoms with van der Waals surface area (Å²) < 4.78 is 0. The molecule has 4 rings (SSSR count). The lowest BCUT2D eigenvalue weighted by molar-refractivity contribution is -0.117. The van der Waals surface area contributed by atoms with Crippen LogP contribution in [0.4, 0.5) is 0 Å². The highest BCUT2D eigenvalue weighted by molar-refractivity contribution is 5.40.